The average molecular weight is 613 g/mol. The van der Waals surface area contributed by atoms with Gasteiger partial charge in [-0.15, -0.1) is 0 Å². The van der Waals surface area contributed by atoms with E-state index in [9.17, 15) is 27.2 Å². The van der Waals surface area contributed by atoms with Gasteiger partial charge in [0.2, 0.25) is 5.43 Å². The summed E-state index contributed by atoms with van der Waals surface area (Å²) in [7, 11) is 2.83. The van der Waals surface area contributed by atoms with Crippen LogP contribution in [0.25, 0.3) is 22.2 Å². The number of carbonyl (C=O) groups excluding carboxylic acids is 1. The van der Waals surface area contributed by atoms with Crippen molar-refractivity contribution >= 4 is 22.6 Å². The van der Waals surface area contributed by atoms with Gasteiger partial charge in [-0.2, -0.15) is 13.2 Å². The third-order valence-corrected chi connectivity index (χ3v) is 6.27. The van der Waals surface area contributed by atoms with E-state index in [-0.39, 0.29) is 39.7 Å². The lowest BCUT2D eigenvalue weighted by molar-refractivity contribution is -0.140. The summed E-state index contributed by atoms with van der Waals surface area (Å²) in [6.45, 7) is -1.50. The van der Waals surface area contributed by atoms with Gasteiger partial charge in [0.1, 0.15) is 23.4 Å². The molecule has 1 N–H and O–H groups in total. The Morgan fingerprint density at radius 2 is 1.68 bits per heavy atom. The maximum Gasteiger partial charge on any atom is 0.406 e. The van der Waals surface area contributed by atoms with Crippen molar-refractivity contribution in [1.82, 2.24) is 14.5 Å². The van der Waals surface area contributed by atoms with Gasteiger partial charge in [0, 0.05) is 48.0 Å². The fourth-order valence-corrected chi connectivity index (χ4v) is 4.29. The number of fused-ring (bicyclic) bond motifs is 1. The molecule has 1 amide bonds. The van der Waals surface area contributed by atoms with Crippen molar-refractivity contribution in [3.8, 4) is 34.3 Å². The number of ether oxygens (including phenoxy) is 3. The molecule has 0 atom stereocenters. The number of aromatic nitrogens is 3. The summed E-state index contributed by atoms with van der Waals surface area (Å²) in [5, 5.41) is 2.32. The number of nitrogens with one attached hydrogen (secondary N) is 1. The molecule has 9 nitrogen and oxygen atoms in total. The summed E-state index contributed by atoms with van der Waals surface area (Å²) in [6, 6.07) is 10.9. The van der Waals surface area contributed by atoms with Crippen molar-refractivity contribution in [1.29, 1.82) is 0 Å². The number of halogens is 5. The van der Waals surface area contributed by atoms with Crippen LogP contribution in [-0.2, 0) is 6.54 Å². The first kappa shape index (κ1) is 29.9. The van der Waals surface area contributed by atoms with E-state index in [1.54, 1.807) is 6.07 Å². The van der Waals surface area contributed by atoms with Gasteiger partial charge in [0.25, 0.3) is 11.8 Å². The SMILES string of the molecule is COc1cc2nccc(Oc3ccc(NC(=O)c4cn(CC(F)(F)F)cc(-c5ccc(F)cc5)c4=O)cc3F)c2nc1OC. The van der Waals surface area contributed by atoms with Crippen LogP contribution in [-0.4, -0.2) is 40.8 Å². The zero-order chi connectivity index (χ0) is 31.6. The Bertz CT molecular complexity index is 1930. The van der Waals surface area contributed by atoms with Crippen LogP contribution < -0.4 is 25.0 Å². The highest BCUT2D eigenvalue weighted by Crippen LogP contribution is 2.35. The van der Waals surface area contributed by atoms with Crippen LogP contribution in [0.1, 0.15) is 10.4 Å². The molecular formula is C30H21F5N4O5. The Labute approximate surface area is 245 Å². The second-order valence-electron chi connectivity index (χ2n) is 9.29. The summed E-state index contributed by atoms with van der Waals surface area (Å²) < 4.78 is 84.9. The van der Waals surface area contributed by atoms with Crippen molar-refractivity contribution in [2.75, 3.05) is 19.5 Å². The quantitative estimate of drug-likeness (QED) is 0.203. The third kappa shape index (κ3) is 6.43. The third-order valence-electron chi connectivity index (χ3n) is 6.27. The van der Waals surface area contributed by atoms with Crippen LogP contribution >= 0.6 is 0 Å². The number of methoxy groups -OCH3 is 2. The number of rotatable bonds is 8. The molecule has 2 aromatic carbocycles. The Morgan fingerprint density at radius 1 is 0.932 bits per heavy atom. The zero-order valence-corrected chi connectivity index (χ0v) is 22.9. The number of pyridine rings is 3. The second kappa shape index (κ2) is 12.0. The number of hydrogen-bond acceptors (Lipinski definition) is 7. The number of amides is 1. The summed E-state index contributed by atoms with van der Waals surface area (Å²) in [4.78, 5) is 34.7. The van der Waals surface area contributed by atoms with Crippen molar-refractivity contribution in [3.63, 3.8) is 0 Å². The predicted octanol–water partition coefficient (Wildman–Crippen LogP) is 6.36. The minimum Gasteiger partial charge on any atom is -0.491 e. The molecule has 0 fully saturated rings. The highest BCUT2D eigenvalue weighted by Gasteiger charge is 2.29. The monoisotopic (exact) mass is 612 g/mol. The van der Waals surface area contributed by atoms with Gasteiger partial charge in [-0.25, -0.2) is 13.8 Å². The van der Waals surface area contributed by atoms with Gasteiger partial charge in [0.15, 0.2) is 23.1 Å². The minimum absolute atomic E-state index is 0.101. The molecule has 0 bridgehead atoms. The molecule has 5 rings (SSSR count). The molecule has 0 aliphatic heterocycles. The van der Waals surface area contributed by atoms with Crippen molar-refractivity contribution in [2.24, 2.45) is 0 Å². The number of alkyl halides is 3. The number of benzene rings is 2. The lowest BCUT2D eigenvalue weighted by Gasteiger charge is -2.15. The summed E-state index contributed by atoms with van der Waals surface area (Å²) in [5.41, 5.74) is -1.19. The average Bonchev–Trinajstić information content (AvgIpc) is 2.98. The number of hydrogen-bond donors (Lipinski definition) is 1. The van der Waals surface area contributed by atoms with Gasteiger partial charge in [0.05, 0.1) is 19.7 Å². The summed E-state index contributed by atoms with van der Waals surface area (Å²) in [6.07, 6.45) is -1.58. The van der Waals surface area contributed by atoms with E-state index in [0.717, 1.165) is 30.6 Å². The molecule has 0 saturated carbocycles. The Kier molecular flexibility index (Phi) is 8.16. The second-order valence-corrected chi connectivity index (χ2v) is 9.29. The summed E-state index contributed by atoms with van der Waals surface area (Å²) >= 11 is 0. The lowest BCUT2D eigenvalue weighted by atomic mass is 10.0. The molecule has 0 unspecified atom stereocenters. The normalized spacial score (nSPS) is 11.3. The maximum atomic E-state index is 15.1. The molecule has 5 aromatic rings. The van der Waals surface area contributed by atoms with Crippen molar-refractivity contribution < 1.29 is 41.0 Å². The first-order chi connectivity index (χ1) is 21.0. The molecule has 3 aromatic heterocycles. The maximum absolute atomic E-state index is 15.1. The Morgan fingerprint density at radius 3 is 2.34 bits per heavy atom. The predicted molar refractivity (Wildman–Crippen MR) is 149 cm³/mol. The minimum atomic E-state index is -4.67. The van der Waals surface area contributed by atoms with Gasteiger partial charge >= 0.3 is 6.18 Å². The van der Waals surface area contributed by atoms with Crippen LogP contribution in [0.2, 0.25) is 0 Å². The highest BCUT2D eigenvalue weighted by atomic mass is 19.4. The molecule has 0 aliphatic rings. The van der Waals surface area contributed by atoms with E-state index in [0.29, 0.717) is 15.8 Å². The number of nitrogens with zero attached hydrogens (tertiary/aromatic N) is 3. The van der Waals surface area contributed by atoms with Crippen LogP contribution in [0, 0.1) is 11.6 Å². The van der Waals surface area contributed by atoms with Crippen molar-refractivity contribution in [3.05, 3.63) is 101 Å². The van der Waals surface area contributed by atoms with Crippen molar-refractivity contribution in [2.45, 2.75) is 12.7 Å². The number of carbonyl (C=O) groups is 1. The molecule has 44 heavy (non-hydrogen) atoms. The van der Waals surface area contributed by atoms with E-state index in [2.05, 4.69) is 15.3 Å². The van der Waals surface area contributed by atoms with Gasteiger partial charge < -0.3 is 24.1 Å². The van der Waals surface area contributed by atoms with E-state index in [1.165, 1.54) is 50.7 Å². The molecule has 0 spiro atoms. The van der Waals surface area contributed by atoms with E-state index in [1.807, 2.05) is 0 Å². The molecule has 0 saturated heterocycles. The van der Waals surface area contributed by atoms with E-state index >= 15 is 4.39 Å². The highest BCUT2D eigenvalue weighted by molar-refractivity contribution is 6.04. The first-order valence-corrected chi connectivity index (χ1v) is 12.7. The Balaban J connectivity index is 1.44. The smallest absolute Gasteiger partial charge is 0.406 e. The van der Waals surface area contributed by atoms with Gasteiger partial charge in [-0.1, -0.05) is 12.1 Å². The fraction of sp³-hybridized carbons (Fsp3) is 0.133. The lowest BCUT2D eigenvalue weighted by Crippen LogP contribution is -2.27. The van der Waals surface area contributed by atoms with E-state index < -0.39 is 41.3 Å². The van der Waals surface area contributed by atoms with Crippen LogP contribution in [0.15, 0.2) is 78.0 Å². The van der Waals surface area contributed by atoms with Crippen LogP contribution in [0.4, 0.5) is 27.6 Å². The number of anilines is 1. The van der Waals surface area contributed by atoms with Gasteiger partial charge in [-0.3, -0.25) is 14.6 Å². The van der Waals surface area contributed by atoms with E-state index in [4.69, 9.17) is 14.2 Å². The van der Waals surface area contributed by atoms with Crippen LogP contribution in [0.5, 0.6) is 23.1 Å². The topological polar surface area (TPSA) is 105 Å². The molecule has 0 radical (unpaired) electrons. The molecular weight excluding hydrogens is 591 g/mol. The fourth-order valence-electron chi connectivity index (χ4n) is 4.29. The first-order valence-electron chi connectivity index (χ1n) is 12.7. The molecule has 226 valence electrons. The van der Waals surface area contributed by atoms with Crippen LogP contribution in [0.3, 0.4) is 0 Å². The van der Waals surface area contributed by atoms with Gasteiger partial charge in [-0.05, 0) is 29.8 Å². The largest absolute Gasteiger partial charge is 0.491 e. The molecule has 3 heterocycles. The molecule has 14 heteroatoms. The Hall–Kier alpha value is -5.53. The standard InChI is InChI=1S/C30H21F5N4O5/c1-42-25-12-22-26(38-29(25)43-2)24(9-10-36-22)44-23-8-7-18(11-21(23)32)37-28(41)20-14-39(15-30(33,34)35)13-19(27(20)40)16-3-5-17(31)6-4-16/h3-14H,15H2,1-2H3,(H,37,41). The summed E-state index contributed by atoms with van der Waals surface area (Å²) in [5.74, 6) is -2.27. The zero-order valence-electron chi connectivity index (χ0n) is 22.9. The molecule has 0 aliphatic carbocycles.